The molecule has 1 heterocycles. The minimum absolute atomic E-state index is 0.157. The molecule has 1 aromatic carbocycles. The Kier molecular flexibility index (Phi) is 3.65. The summed E-state index contributed by atoms with van der Waals surface area (Å²) in [6, 6.07) is 2.68. The topological polar surface area (TPSA) is 107 Å². The Balaban J connectivity index is 2.66. The van der Waals surface area contributed by atoms with Gasteiger partial charge in [0.05, 0.1) is 30.8 Å². The fraction of sp³-hybridized carbons (Fsp3) is 0.167. The van der Waals surface area contributed by atoms with Crippen molar-refractivity contribution < 1.29 is 19.2 Å². The Morgan fingerprint density at radius 3 is 2.45 bits per heavy atom. The number of nitro benzene ring substituents is 1. The lowest BCUT2D eigenvalue weighted by molar-refractivity contribution is -0.384. The maximum absolute atomic E-state index is 11.1. The number of carbonyl (C=O) groups excluding carboxylic acids is 1. The van der Waals surface area contributed by atoms with Gasteiger partial charge in [-0.05, 0) is 0 Å². The van der Waals surface area contributed by atoms with Gasteiger partial charge in [0, 0.05) is 12.3 Å². The molecule has 0 radical (unpaired) electrons. The van der Waals surface area contributed by atoms with Gasteiger partial charge in [-0.25, -0.2) is 4.98 Å². The van der Waals surface area contributed by atoms with Crippen LogP contribution in [0, 0.1) is 10.1 Å². The maximum atomic E-state index is 11.1. The summed E-state index contributed by atoms with van der Waals surface area (Å²) < 4.78 is 10.1. The summed E-state index contributed by atoms with van der Waals surface area (Å²) in [7, 11) is 2.81. The molecule has 2 rings (SSSR count). The summed E-state index contributed by atoms with van der Waals surface area (Å²) >= 11 is 0. The molecule has 104 valence electrons. The zero-order valence-electron chi connectivity index (χ0n) is 10.7. The molecule has 20 heavy (non-hydrogen) atoms. The lowest BCUT2D eigenvalue weighted by Crippen LogP contribution is -1.97. The van der Waals surface area contributed by atoms with Gasteiger partial charge in [0.1, 0.15) is 11.5 Å². The van der Waals surface area contributed by atoms with Crippen LogP contribution in [-0.2, 0) is 0 Å². The van der Waals surface area contributed by atoms with E-state index in [1.54, 1.807) is 0 Å². The third-order valence-electron chi connectivity index (χ3n) is 2.67. The van der Waals surface area contributed by atoms with E-state index in [2.05, 4.69) is 9.97 Å². The van der Waals surface area contributed by atoms with Crippen LogP contribution in [0.3, 0.4) is 0 Å². The van der Waals surface area contributed by atoms with E-state index >= 15 is 0 Å². The predicted molar refractivity (Wildman–Crippen MR) is 69.2 cm³/mol. The molecule has 8 nitrogen and oxygen atoms in total. The van der Waals surface area contributed by atoms with E-state index in [4.69, 9.17) is 9.47 Å². The van der Waals surface area contributed by atoms with Gasteiger partial charge < -0.3 is 14.5 Å². The van der Waals surface area contributed by atoms with E-state index < -0.39 is 4.92 Å². The van der Waals surface area contributed by atoms with Crippen molar-refractivity contribution in [3.05, 3.63) is 34.1 Å². The first kappa shape index (κ1) is 13.5. The van der Waals surface area contributed by atoms with Gasteiger partial charge in [-0.15, -0.1) is 0 Å². The molecule has 2 aromatic rings. The third-order valence-corrected chi connectivity index (χ3v) is 2.67. The summed E-state index contributed by atoms with van der Waals surface area (Å²) in [6.45, 7) is 0. The smallest absolute Gasteiger partial charge is 0.284 e. The van der Waals surface area contributed by atoms with Gasteiger partial charge in [-0.1, -0.05) is 0 Å². The van der Waals surface area contributed by atoms with Crippen molar-refractivity contribution in [1.29, 1.82) is 0 Å². The highest BCUT2D eigenvalue weighted by Crippen LogP contribution is 2.38. The largest absolute Gasteiger partial charge is 0.493 e. The van der Waals surface area contributed by atoms with Crippen LogP contribution < -0.4 is 9.47 Å². The molecule has 0 saturated carbocycles. The minimum atomic E-state index is -0.555. The molecule has 0 bridgehead atoms. The number of imidazole rings is 1. The fourth-order valence-electron chi connectivity index (χ4n) is 1.74. The number of hydrogen-bond acceptors (Lipinski definition) is 6. The van der Waals surface area contributed by atoms with E-state index in [0.717, 1.165) is 0 Å². The molecule has 1 aromatic heterocycles. The summed E-state index contributed by atoms with van der Waals surface area (Å²) in [5.74, 6) is 0.780. The molecule has 0 aliphatic rings. The zero-order valence-corrected chi connectivity index (χ0v) is 10.7. The Labute approximate surface area is 113 Å². The Hall–Kier alpha value is -2.90. The summed E-state index contributed by atoms with van der Waals surface area (Å²) in [4.78, 5) is 27.9. The number of aldehydes is 1. The first-order valence-electron chi connectivity index (χ1n) is 5.52. The Morgan fingerprint density at radius 1 is 1.30 bits per heavy atom. The quantitative estimate of drug-likeness (QED) is 0.507. The van der Waals surface area contributed by atoms with Crippen molar-refractivity contribution in [3.63, 3.8) is 0 Å². The number of aromatic nitrogens is 2. The number of nitrogens with one attached hydrogen (secondary N) is 1. The van der Waals surface area contributed by atoms with Crippen LogP contribution in [0.4, 0.5) is 5.69 Å². The van der Waals surface area contributed by atoms with E-state index in [-0.39, 0.29) is 28.5 Å². The molecule has 0 aliphatic carbocycles. The minimum Gasteiger partial charge on any atom is -0.493 e. The molecule has 0 unspecified atom stereocenters. The lowest BCUT2D eigenvalue weighted by atomic mass is 10.1. The highest BCUT2D eigenvalue weighted by molar-refractivity contribution is 5.77. The number of nitro groups is 1. The molecule has 1 N–H and O–H groups in total. The van der Waals surface area contributed by atoms with Crippen molar-refractivity contribution in [3.8, 4) is 22.9 Å². The molecule has 0 amide bonds. The highest BCUT2D eigenvalue weighted by Gasteiger charge is 2.22. The lowest BCUT2D eigenvalue weighted by Gasteiger charge is -2.09. The second-order valence-corrected chi connectivity index (χ2v) is 3.77. The zero-order chi connectivity index (χ0) is 14.7. The molecule has 0 spiro atoms. The molecule has 0 atom stereocenters. The molecule has 0 fully saturated rings. The number of carbonyl (C=O) groups is 1. The second-order valence-electron chi connectivity index (χ2n) is 3.77. The third kappa shape index (κ3) is 2.30. The van der Waals surface area contributed by atoms with Crippen molar-refractivity contribution in [2.75, 3.05) is 14.2 Å². The SMILES string of the molecule is COc1cc(-c2nc(C=O)c[nH]2)c([N+](=O)[O-])cc1OC. The van der Waals surface area contributed by atoms with Gasteiger partial charge in [-0.2, -0.15) is 0 Å². The second kappa shape index (κ2) is 5.39. The van der Waals surface area contributed by atoms with Crippen molar-refractivity contribution in [1.82, 2.24) is 9.97 Å². The number of H-pyrrole nitrogens is 1. The average molecular weight is 277 g/mol. The molecule has 0 saturated heterocycles. The van der Waals surface area contributed by atoms with Crippen LogP contribution in [0.2, 0.25) is 0 Å². The van der Waals surface area contributed by atoms with Crippen LogP contribution in [0.25, 0.3) is 11.4 Å². The number of methoxy groups -OCH3 is 2. The first-order valence-corrected chi connectivity index (χ1v) is 5.52. The van der Waals surface area contributed by atoms with Crippen LogP contribution in [0.5, 0.6) is 11.5 Å². The number of aromatic amines is 1. The highest BCUT2D eigenvalue weighted by atomic mass is 16.6. The van der Waals surface area contributed by atoms with Crippen molar-refractivity contribution in [2.45, 2.75) is 0 Å². The van der Waals surface area contributed by atoms with Gasteiger partial charge in [0.25, 0.3) is 5.69 Å². The number of ether oxygens (including phenoxy) is 2. The molecule has 8 heteroatoms. The molecular weight excluding hydrogens is 266 g/mol. The number of benzene rings is 1. The van der Waals surface area contributed by atoms with Crippen LogP contribution >= 0.6 is 0 Å². The fourth-order valence-corrected chi connectivity index (χ4v) is 1.74. The maximum Gasteiger partial charge on any atom is 0.284 e. The average Bonchev–Trinajstić information content (AvgIpc) is 2.94. The standard InChI is InChI=1S/C12H11N3O5/c1-19-10-3-8(12-13-5-7(6-16)14-12)9(15(17)18)4-11(10)20-2/h3-6H,1-2H3,(H,13,14). The van der Waals surface area contributed by atoms with E-state index in [0.29, 0.717) is 12.0 Å². The predicted octanol–water partition coefficient (Wildman–Crippen LogP) is 1.81. The number of rotatable bonds is 5. The first-order chi connectivity index (χ1) is 9.60. The normalized spacial score (nSPS) is 10.1. The van der Waals surface area contributed by atoms with Crippen molar-refractivity contribution >= 4 is 12.0 Å². The number of hydrogen-bond donors (Lipinski definition) is 1. The van der Waals surface area contributed by atoms with E-state index in [1.807, 2.05) is 0 Å². The Morgan fingerprint density at radius 2 is 1.95 bits per heavy atom. The van der Waals surface area contributed by atoms with Crippen molar-refractivity contribution in [2.24, 2.45) is 0 Å². The van der Waals surface area contributed by atoms with Gasteiger partial charge in [0.15, 0.2) is 17.8 Å². The van der Waals surface area contributed by atoms with Gasteiger partial charge in [0.2, 0.25) is 0 Å². The molecule has 0 aliphatic heterocycles. The molecular formula is C12H11N3O5. The Bertz CT molecular complexity index is 665. The summed E-state index contributed by atoms with van der Waals surface area (Å²) in [5.41, 5.74) is 0.166. The summed E-state index contributed by atoms with van der Waals surface area (Å²) in [5, 5.41) is 11.1. The van der Waals surface area contributed by atoms with Crippen LogP contribution in [0.1, 0.15) is 10.5 Å². The van der Waals surface area contributed by atoms with E-state index in [9.17, 15) is 14.9 Å². The summed E-state index contributed by atoms with van der Waals surface area (Å²) in [6.07, 6.45) is 1.91. The van der Waals surface area contributed by atoms with Gasteiger partial charge >= 0.3 is 0 Å². The van der Waals surface area contributed by atoms with Gasteiger partial charge in [-0.3, -0.25) is 14.9 Å². The van der Waals surface area contributed by atoms with E-state index in [1.165, 1.54) is 32.5 Å². The number of nitrogens with zero attached hydrogens (tertiary/aromatic N) is 2. The van der Waals surface area contributed by atoms with Crippen LogP contribution in [0.15, 0.2) is 18.3 Å². The monoisotopic (exact) mass is 277 g/mol. The van der Waals surface area contributed by atoms with Crippen LogP contribution in [-0.4, -0.2) is 35.4 Å².